The van der Waals surface area contributed by atoms with Crippen LogP contribution in [0.1, 0.15) is 44.9 Å². The molecule has 1 aliphatic heterocycles. The standard InChI is InChI=1S/C15H27N3O/c16-10-11-2-1-3-14(11)15(19)17-12-6-8-18(9-7-12)13-4-5-13/h11-14H,1-10,16H2,(H,17,19)/t11-,14-/m1/s1. The van der Waals surface area contributed by atoms with E-state index in [1.165, 1.54) is 32.4 Å². The van der Waals surface area contributed by atoms with Crippen LogP contribution in [0.5, 0.6) is 0 Å². The molecule has 4 nitrogen and oxygen atoms in total. The fraction of sp³-hybridized carbons (Fsp3) is 0.933. The fourth-order valence-corrected chi connectivity index (χ4v) is 3.82. The van der Waals surface area contributed by atoms with Crippen molar-refractivity contribution in [1.82, 2.24) is 10.2 Å². The van der Waals surface area contributed by atoms with Gasteiger partial charge in [0.1, 0.15) is 0 Å². The molecule has 0 aromatic carbocycles. The zero-order chi connectivity index (χ0) is 13.2. The summed E-state index contributed by atoms with van der Waals surface area (Å²) in [5, 5.41) is 3.28. The molecule has 0 radical (unpaired) electrons. The van der Waals surface area contributed by atoms with Gasteiger partial charge in [-0.3, -0.25) is 4.79 Å². The van der Waals surface area contributed by atoms with Gasteiger partial charge in [-0.15, -0.1) is 0 Å². The summed E-state index contributed by atoms with van der Waals surface area (Å²) >= 11 is 0. The first-order valence-corrected chi connectivity index (χ1v) is 8.02. The molecule has 3 fully saturated rings. The number of amides is 1. The van der Waals surface area contributed by atoms with E-state index < -0.39 is 0 Å². The summed E-state index contributed by atoms with van der Waals surface area (Å²) < 4.78 is 0. The number of nitrogens with two attached hydrogens (primary N) is 1. The summed E-state index contributed by atoms with van der Waals surface area (Å²) in [5.41, 5.74) is 5.77. The topological polar surface area (TPSA) is 58.4 Å². The summed E-state index contributed by atoms with van der Waals surface area (Å²) in [4.78, 5) is 14.9. The first-order valence-electron chi connectivity index (χ1n) is 8.02. The van der Waals surface area contributed by atoms with Crippen molar-refractivity contribution >= 4 is 5.91 Å². The Bertz CT molecular complexity index is 321. The molecule has 0 unspecified atom stereocenters. The van der Waals surface area contributed by atoms with Crippen LogP contribution in [0.25, 0.3) is 0 Å². The lowest BCUT2D eigenvalue weighted by Gasteiger charge is -2.33. The summed E-state index contributed by atoms with van der Waals surface area (Å²) in [5.74, 6) is 0.885. The van der Waals surface area contributed by atoms with Gasteiger partial charge in [0.25, 0.3) is 0 Å². The van der Waals surface area contributed by atoms with Crippen molar-refractivity contribution < 1.29 is 4.79 Å². The Balaban J connectivity index is 1.44. The molecular formula is C15H27N3O. The maximum atomic E-state index is 12.3. The largest absolute Gasteiger partial charge is 0.353 e. The number of carbonyl (C=O) groups excluding carboxylic acids is 1. The smallest absolute Gasteiger partial charge is 0.223 e. The second-order valence-corrected chi connectivity index (χ2v) is 6.58. The Kier molecular flexibility index (Phi) is 4.08. The van der Waals surface area contributed by atoms with Gasteiger partial charge < -0.3 is 16.0 Å². The third kappa shape index (κ3) is 3.11. The average molecular weight is 265 g/mol. The van der Waals surface area contributed by atoms with Crippen molar-refractivity contribution in [2.24, 2.45) is 17.6 Å². The predicted molar refractivity (Wildman–Crippen MR) is 75.6 cm³/mol. The van der Waals surface area contributed by atoms with Crippen molar-refractivity contribution in [2.75, 3.05) is 19.6 Å². The highest BCUT2D eigenvalue weighted by Crippen LogP contribution is 2.32. The number of nitrogens with one attached hydrogen (secondary N) is 1. The third-order valence-corrected chi connectivity index (χ3v) is 5.24. The maximum absolute atomic E-state index is 12.3. The molecule has 0 bridgehead atoms. The van der Waals surface area contributed by atoms with Gasteiger partial charge in [-0.25, -0.2) is 0 Å². The van der Waals surface area contributed by atoms with Crippen LogP contribution in [0.3, 0.4) is 0 Å². The van der Waals surface area contributed by atoms with Crippen LogP contribution in [-0.2, 0) is 4.79 Å². The monoisotopic (exact) mass is 265 g/mol. The van der Waals surface area contributed by atoms with E-state index in [0.29, 0.717) is 18.5 Å². The Labute approximate surface area is 116 Å². The molecule has 2 saturated carbocycles. The molecule has 1 heterocycles. The van der Waals surface area contributed by atoms with Gasteiger partial charge in [0.05, 0.1) is 0 Å². The number of piperidine rings is 1. The average Bonchev–Trinajstić information content (AvgIpc) is 3.16. The minimum absolute atomic E-state index is 0.187. The third-order valence-electron chi connectivity index (χ3n) is 5.24. The highest BCUT2D eigenvalue weighted by molar-refractivity contribution is 5.79. The Morgan fingerprint density at radius 3 is 2.47 bits per heavy atom. The summed E-state index contributed by atoms with van der Waals surface area (Å²) in [6, 6.07) is 1.27. The van der Waals surface area contributed by atoms with Gasteiger partial charge >= 0.3 is 0 Å². The lowest BCUT2D eigenvalue weighted by atomic mass is 9.94. The zero-order valence-electron chi connectivity index (χ0n) is 11.8. The van der Waals surface area contributed by atoms with E-state index in [1.54, 1.807) is 0 Å². The van der Waals surface area contributed by atoms with Crippen molar-refractivity contribution in [3.8, 4) is 0 Å². The molecule has 3 rings (SSSR count). The van der Waals surface area contributed by atoms with Crippen LogP contribution >= 0.6 is 0 Å². The Morgan fingerprint density at radius 1 is 1.11 bits per heavy atom. The molecule has 2 aliphatic carbocycles. The van der Waals surface area contributed by atoms with Gasteiger partial charge in [0, 0.05) is 31.1 Å². The van der Waals surface area contributed by atoms with E-state index in [-0.39, 0.29) is 11.8 Å². The van der Waals surface area contributed by atoms with Crippen LogP contribution in [0.4, 0.5) is 0 Å². The first kappa shape index (κ1) is 13.4. The highest BCUT2D eigenvalue weighted by Gasteiger charge is 2.35. The first-order chi connectivity index (χ1) is 9.28. The SMILES string of the molecule is NC[C@H]1CCC[C@H]1C(=O)NC1CCN(C2CC2)CC1. The zero-order valence-corrected chi connectivity index (χ0v) is 11.8. The quantitative estimate of drug-likeness (QED) is 0.800. The number of rotatable bonds is 4. The van der Waals surface area contributed by atoms with E-state index in [9.17, 15) is 4.79 Å². The molecule has 0 aromatic heterocycles. The molecule has 2 atom stereocenters. The Morgan fingerprint density at radius 2 is 1.84 bits per heavy atom. The normalized spacial score (nSPS) is 33.5. The molecule has 0 spiro atoms. The minimum Gasteiger partial charge on any atom is -0.353 e. The van der Waals surface area contributed by atoms with Gasteiger partial charge in [0.2, 0.25) is 5.91 Å². The number of hydrogen-bond donors (Lipinski definition) is 2. The van der Waals surface area contributed by atoms with E-state index in [1.807, 2.05) is 0 Å². The molecule has 19 heavy (non-hydrogen) atoms. The van der Waals surface area contributed by atoms with Gasteiger partial charge in [0.15, 0.2) is 0 Å². The van der Waals surface area contributed by atoms with E-state index in [4.69, 9.17) is 5.73 Å². The summed E-state index contributed by atoms with van der Waals surface area (Å²) in [6.45, 7) is 3.00. The van der Waals surface area contributed by atoms with Crippen molar-refractivity contribution in [3.05, 3.63) is 0 Å². The van der Waals surface area contributed by atoms with Gasteiger partial charge in [-0.1, -0.05) is 6.42 Å². The molecule has 3 aliphatic rings. The van der Waals surface area contributed by atoms with Crippen molar-refractivity contribution in [3.63, 3.8) is 0 Å². The van der Waals surface area contributed by atoms with E-state index in [0.717, 1.165) is 31.7 Å². The van der Waals surface area contributed by atoms with Crippen molar-refractivity contribution in [2.45, 2.75) is 57.0 Å². The molecule has 1 saturated heterocycles. The minimum atomic E-state index is 0.187. The molecule has 0 aromatic rings. The van der Waals surface area contributed by atoms with Gasteiger partial charge in [-0.2, -0.15) is 0 Å². The highest BCUT2D eigenvalue weighted by atomic mass is 16.2. The lowest BCUT2D eigenvalue weighted by Crippen LogP contribution is -2.47. The van der Waals surface area contributed by atoms with Crippen LogP contribution in [0, 0.1) is 11.8 Å². The van der Waals surface area contributed by atoms with Gasteiger partial charge in [-0.05, 0) is 51.0 Å². The molecule has 108 valence electrons. The lowest BCUT2D eigenvalue weighted by molar-refractivity contribution is -0.127. The number of carbonyl (C=O) groups is 1. The van der Waals surface area contributed by atoms with Crippen LogP contribution in [0.15, 0.2) is 0 Å². The maximum Gasteiger partial charge on any atom is 0.223 e. The fourth-order valence-electron chi connectivity index (χ4n) is 3.82. The number of nitrogens with zero attached hydrogens (tertiary/aromatic N) is 1. The molecular weight excluding hydrogens is 238 g/mol. The second kappa shape index (κ2) is 5.80. The second-order valence-electron chi connectivity index (χ2n) is 6.58. The molecule has 4 heteroatoms. The summed E-state index contributed by atoms with van der Waals surface area (Å²) in [6.07, 6.45) is 8.36. The number of hydrogen-bond acceptors (Lipinski definition) is 3. The predicted octanol–water partition coefficient (Wildman–Crippen LogP) is 1.10. The van der Waals surface area contributed by atoms with Crippen molar-refractivity contribution in [1.29, 1.82) is 0 Å². The Hall–Kier alpha value is -0.610. The molecule has 1 amide bonds. The number of likely N-dealkylation sites (tertiary alicyclic amines) is 1. The van der Waals surface area contributed by atoms with E-state index in [2.05, 4.69) is 10.2 Å². The van der Waals surface area contributed by atoms with Crippen LogP contribution < -0.4 is 11.1 Å². The molecule has 3 N–H and O–H groups in total. The van der Waals surface area contributed by atoms with Crippen LogP contribution in [-0.4, -0.2) is 42.5 Å². The van der Waals surface area contributed by atoms with E-state index >= 15 is 0 Å². The van der Waals surface area contributed by atoms with Crippen LogP contribution in [0.2, 0.25) is 0 Å². The summed E-state index contributed by atoms with van der Waals surface area (Å²) in [7, 11) is 0.